The largest absolute Gasteiger partial charge is 0.389 e. The third-order valence-electron chi connectivity index (χ3n) is 3.20. The van der Waals surface area contributed by atoms with Crippen molar-refractivity contribution in [1.82, 2.24) is 0 Å². The Balaban J connectivity index is 2.91. The van der Waals surface area contributed by atoms with Gasteiger partial charge in [0.2, 0.25) is 0 Å². The summed E-state index contributed by atoms with van der Waals surface area (Å²) in [4.78, 5) is 2.19. The Morgan fingerprint density at radius 1 is 1.35 bits per heavy atom. The normalized spacial score (nSPS) is 14.5. The Labute approximate surface area is 109 Å². The van der Waals surface area contributed by atoms with Crippen molar-refractivity contribution in [3.8, 4) is 0 Å². The van der Waals surface area contributed by atoms with Crippen molar-refractivity contribution in [3.05, 3.63) is 28.8 Å². The van der Waals surface area contributed by atoms with Gasteiger partial charge in [0.1, 0.15) is 0 Å². The minimum absolute atomic E-state index is 0.467. The van der Waals surface area contributed by atoms with Crippen LogP contribution in [0.1, 0.15) is 45.3 Å². The Morgan fingerprint density at radius 2 is 2.00 bits per heavy atom. The molecule has 2 nitrogen and oxygen atoms in total. The van der Waals surface area contributed by atoms with E-state index < -0.39 is 6.10 Å². The fraction of sp³-hybridized carbons (Fsp3) is 0.571. The summed E-state index contributed by atoms with van der Waals surface area (Å²) >= 11 is 6.26. The number of halogens is 1. The zero-order valence-corrected chi connectivity index (χ0v) is 11.8. The molecule has 17 heavy (non-hydrogen) atoms. The molecule has 2 atom stereocenters. The van der Waals surface area contributed by atoms with Gasteiger partial charge in [0, 0.05) is 13.1 Å². The molecule has 0 aliphatic carbocycles. The second kappa shape index (κ2) is 6.27. The van der Waals surface area contributed by atoms with Gasteiger partial charge in [-0.15, -0.1) is 0 Å². The second-order valence-electron chi connectivity index (χ2n) is 4.64. The van der Waals surface area contributed by atoms with E-state index in [4.69, 9.17) is 11.6 Å². The molecule has 1 aromatic carbocycles. The van der Waals surface area contributed by atoms with Crippen LogP contribution in [-0.2, 0) is 0 Å². The van der Waals surface area contributed by atoms with E-state index in [1.54, 1.807) is 6.92 Å². The first-order valence-corrected chi connectivity index (χ1v) is 6.55. The Hall–Kier alpha value is -0.730. The average Bonchev–Trinajstić information content (AvgIpc) is 2.28. The van der Waals surface area contributed by atoms with Crippen LogP contribution in [0.3, 0.4) is 0 Å². The SMILES string of the molecule is CCCC(C)N(C)c1ccc([C@H](C)O)cc1Cl. The van der Waals surface area contributed by atoms with Crippen molar-refractivity contribution in [1.29, 1.82) is 0 Å². The average molecular weight is 256 g/mol. The number of aliphatic hydroxyl groups excluding tert-OH is 1. The molecule has 3 heteroatoms. The van der Waals surface area contributed by atoms with Gasteiger partial charge in [-0.1, -0.05) is 31.0 Å². The van der Waals surface area contributed by atoms with Gasteiger partial charge in [-0.05, 0) is 38.0 Å². The Bertz CT molecular complexity index is 365. The molecular formula is C14H22ClNO. The van der Waals surface area contributed by atoms with Crippen molar-refractivity contribution in [3.63, 3.8) is 0 Å². The topological polar surface area (TPSA) is 23.5 Å². The molecule has 0 radical (unpaired) electrons. The lowest BCUT2D eigenvalue weighted by Crippen LogP contribution is -2.28. The molecule has 0 fully saturated rings. The van der Waals surface area contributed by atoms with E-state index >= 15 is 0 Å². The predicted molar refractivity (Wildman–Crippen MR) is 74.9 cm³/mol. The highest BCUT2D eigenvalue weighted by Gasteiger charge is 2.13. The lowest BCUT2D eigenvalue weighted by atomic mass is 10.1. The lowest BCUT2D eigenvalue weighted by Gasteiger charge is -2.28. The van der Waals surface area contributed by atoms with Gasteiger partial charge in [-0.2, -0.15) is 0 Å². The van der Waals surface area contributed by atoms with E-state index in [9.17, 15) is 5.11 Å². The first-order chi connectivity index (χ1) is 7.97. The summed E-state index contributed by atoms with van der Waals surface area (Å²) in [5.41, 5.74) is 1.88. The molecule has 0 heterocycles. The number of nitrogens with zero attached hydrogens (tertiary/aromatic N) is 1. The van der Waals surface area contributed by atoms with Crippen LogP contribution in [0.25, 0.3) is 0 Å². The van der Waals surface area contributed by atoms with Gasteiger partial charge >= 0.3 is 0 Å². The van der Waals surface area contributed by atoms with Gasteiger partial charge in [-0.3, -0.25) is 0 Å². The lowest BCUT2D eigenvalue weighted by molar-refractivity contribution is 0.199. The molecule has 0 saturated heterocycles. The summed E-state index contributed by atoms with van der Waals surface area (Å²) in [6.07, 6.45) is 1.83. The molecule has 0 saturated carbocycles. The quantitative estimate of drug-likeness (QED) is 0.859. The molecular weight excluding hydrogens is 234 g/mol. The number of anilines is 1. The maximum absolute atomic E-state index is 9.50. The highest BCUT2D eigenvalue weighted by Crippen LogP contribution is 2.30. The summed E-state index contributed by atoms with van der Waals surface area (Å²) in [7, 11) is 2.06. The van der Waals surface area contributed by atoms with E-state index in [0.29, 0.717) is 11.1 Å². The van der Waals surface area contributed by atoms with E-state index in [1.165, 1.54) is 0 Å². The highest BCUT2D eigenvalue weighted by atomic mass is 35.5. The van der Waals surface area contributed by atoms with Gasteiger partial charge in [-0.25, -0.2) is 0 Å². The first-order valence-electron chi connectivity index (χ1n) is 6.17. The molecule has 0 aliphatic heterocycles. The Kier molecular flexibility index (Phi) is 5.29. The van der Waals surface area contributed by atoms with E-state index in [0.717, 1.165) is 24.1 Å². The van der Waals surface area contributed by atoms with E-state index in [-0.39, 0.29) is 0 Å². The van der Waals surface area contributed by atoms with Gasteiger partial charge < -0.3 is 10.0 Å². The molecule has 0 spiro atoms. The van der Waals surface area contributed by atoms with Crippen molar-refractivity contribution < 1.29 is 5.11 Å². The Morgan fingerprint density at radius 3 is 2.47 bits per heavy atom. The highest BCUT2D eigenvalue weighted by molar-refractivity contribution is 6.33. The number of hydrogen-bond acceptors (Lipinski definition) is 2. The van der Waals surface area contributed by atoms with Crippen LogP contribution >= 0.6 is 11.6 Å². The minimum Gasteiger partial charge on any atom is -0.389 e. The van der Waals surface area contributed by atoms with Crippen molar-refractivity contribution in [2.75, 3.05) is 11.9 Å². The third kappa shape index (κ3) is 3.62. The molecule has 0 bridgehead atoms. The fourth-order valence-corrected chi connectivity index (χ4v) is 2.24. The molecule has 1 rings (SSSR count). The number of rotatable bonds is 5. The van der Waals surface area contributed by atoms with Crippen molar-refractivity contribution in [2.45, 2.75) is 45.8 Å². The maximum Gasteiger partial charge on any atom is 0.0762 e. The summed E-state index contributed by atoms with van der Waals surface area (Å²) in [5.74, 6) is 0. The van der Waals surface area contributed by atoms with Crippen LogP contribution in [0, 0.1) is 0 Å². The summed E-state index contributed by atoms with van der Waals surface area (Å²) in [6.45, 7) is 6.12. The van der Waals surface area contributed by atoms with E-state index in [2.05, 4.69) is 25.8 Å². The smallest absolute Gasteiger partial charge is 0.0762 e. The minimum atomic E-state index is -0.472. The van der Waals surface area contributed by atoms with Crippen LogP contribution in [0.15, 0.2) is 18.2 Å². The van der Waals surface area contributed by atoms with Crippen LogP contribution in [-0.4, -0.2) is 18.2 Å². The zero-order chi connectivity index (χ0) is 13.0. The monoisotopic (exact) mass is 255 g/mol. The first kappa shape index (κ1) is 14.3. The molecule has 0 aliphatic rings. The van der Waals surface area contributed by atoms with Gasteiger partial charge in [0.25, 0.3) is 0 Å². The maximum atomic E-state index is 9.50. The molecule has 1 unspecified atom stereocenters. The molecule has 0 aromatic heterocycles. The van der Waals surface area contributed by atoms with E-state index in [1.807, 2.05) is 18.2 Å². The van der Waals surface area contributed by atoms with Gasteiger partial charge in [0.15, 0.2) is 0 Å². The van der Waals surface area contributed by atoms with Crippen LogP contribution in [0.5, 0.6) is 0 Å². The summed E-state index contributed by atoms with van der Waals surface area (Å²) in [6, 6.07) is 6.23. The standard InChI is InChI=1S/C14H22ClNO/c1-5-6-10(2)16(4)14-8-7-12(11(3)17)9-13(14)15/h7-11,17H,5-6H2,1-4H3/t10?,11-/m0/s1. The second-order valence-corrected chi connectivity index (χ2v) is 5.04. The molecule has 1 N–H and O–H groups in total. The number of aliphatic hydroxyl groups is 1. The third-order valence-corrected chi connectivity index (χ3v) is 3.50. The van der Waals surface area contributed by atoms with Crippen molar-refractivity contribution in [2.24, 2.45) is 0 Å². The number of hydrogen-bond donors (Lipinski definition) is 1. The van der Waals surface area contributed by atoms with Crippen molar-refractivity contribution >= 4 is 17.3 Å². The van der Waals surface area contributed by atoms with Crippen LogP contribution in [0.4, 0.5) is 5.69 Å². The van der Waals surface area contributed by atoms with Gasteiger partial charge in [0.05, 0.1) is 16.8 Å². The summed E-state index contributed by atoms with van der Waals surface area (Å²) < 4.78 is 0. The predicted octanol–water partition coefficient (Wildman–Crippen LogP) is 4.02. The number of benzene rings is 1. The molecule has 0 amide bonds. The van der Waals surface area contributed by atoms with Crippen LogP contribution in [0.2, 0.25) is 5.02 Å². The molecule has 1 aromatic rings. The zero-order valence-electron chi connectivity index (χ0n) is 11.1. The fourth-order valence-electron chi connectivity index (χ4n) is 1.92. The van der Waals surface area contributed by atoms with Crippen LogP contribution < -0.4 is 4.90 Å². The summed E-state index contributed by atoms with van der Waals surface area (Å²) in [5, 5.41) is 10.2. The molecule has 96 valence electrons.